The number of hydrogen-bond acceptors (Lipinski definition) is 3. The molecule has 5 heteroatoms. The van der Waals surface area contributed by atoms with Crippen LogP contribution in [0.4, 0.5) is 0 Å². The molecular formula is C8H10NNaO3. The normalized spacial score (nSPS) is 8.69. The second kappa shape index (κ2) is 5.96. The first kappa shape index (κ1) is 12.4. The van der Waals surface area contributed by atoms with Crippen molar-refractivity contribution in [2.75, 3.05) is 7.11 Å². The van der Waals surface area contributed by atoms with Crippen LogP contribution in [0.3, 0.4) is 0 Å². The molecule has 0 fully saturated rings. The van der Waals surface area contributed by atoms with E-state index in [1.165, 1.54) is 7.11 Å². The van der Waals surface area contributed by atoms with Gasteiger partial charge >= 0.3 is 35.5 Å². The number of hydrogen-bond donors (Lipinski definition) is 1. The van der Waals surface area contributed by atoms with Crippen molar-refractivity contribution in [3.63, 3.8) is 0 Å². The van der Waals surface area contributed by atoms with Crippen LogP contribution in [0.1, 0.15) is 7.12 Å². The van der Waals surface area contributed by atoms with E-state index in [0.29, 0.717) is 11.4 Å². The molecule has 1 aromatic rings. The number of nitrogens with zero attached hydrogens (tertiary/aromatic N) is 1. The molecule has 13 heavy (non-hydrogen) atoms. The Morgan fingerprint density at radius 3 is 3.00 bits per heavy atom. The van der Waals surface area contributed by atoms with E-state index in [4.69, 9.17) is 9.84 Å². The molecule has 1 rings (SSSR count). The number of carbonyl (C=O) groups is 1. The number of ether oxygens (including phenoxy) is 1. The van der Waals surface area contributed by atoms with Crippen molar-refractivity contribution >= 4 is 5.97 Å². The minimum Gasteiger partial charge on any atom is -1.00 e. The van der Waals surface area contributed by atoms with Crippen molar-refractivity contribution in [1.29, 1.82) is 0 Å². The van der Waals surface area contributed by atoms with Crippen molar-refractivity contribution in [1.82, 2.24) is 4.98 Å². The summed E-state index contributed by atoms with van der Waals surface area (Å²) in [6.07, 6.45) is 1.44. The van der Waals surface area contributed by atoms with E-state index >= 15 is 0 Å². The molecule has 0 radical (unpaired) electrons. The maximum atomic E-state index is 10.3. The van der Waals surface area contributed by atoms with Gasteiger partial charge in [-0.3, -0.25) is 9.78 Å². The maximum Gasteiger partial charge on any atom is 1.00 e. The summed E-state index contributed by atoms with van der Waals surface area (Å²) < 4.78 is 4.92. The first-order valence-corrected chi connectivity index (χ1v) is 3.43. The summed E-state index contributed by atoms with van der Waals surface area (Å²) in [5.74, 6) is -0.396. The fourth-order valence-corrected chi connectivity index (χ4v) is 0.885. The molecule has 0 spiro atoms. The molecule has 66 valence electrons. The summed E-state index contributed by atoms with van der Waals surface area (Å²) in [6.45, 7) is 0. The SMILES string of the molecule is COc1cccnc1CC(=O)O.[H-].[Na+]. The molecule has 1 N–H and O–H groups in total. The zero-order valence-corrected chi connectivity index (χ0v) is 9.65. The quantitative estimate of drug-likeness (QED) is 0.552. The van der Waals surface area contributed by atoms with Crippen molar-refractivity contribution < 1.29 is 45.6 Å². The topological polar surface area (TPSA) is 59.4 Å². The van der Waals surface area contributed by atoms with Gasteiger partial charge < -0.3 is 11.3 Å². The smallest absolute Gasteiger partial charge is 1.00 e. The molecule has 0 bridgehead atoms. The van der Waals surface area contributed by atoms with Gasteiger partial charge in [0.15, 0.2) is 0 Å². The van der Waals surface area contributed by atoms with Gasteiger partial charge in [-0.1, -0.05) is 0 Å². The predicted molar refractivity (Wildman–Crippen MR) is 43.2 cm³/mol. The Labute approximate surface area is 99.7 Å². The van der Waals surface area contributed by atoms with Crippen LogP contribution in [0, 0.1) is 0 Å². The van der Waals surface area contributed by atoms with E-state index in [1.807, 2.05) is 0 Å². The number of rotatable bonds is 3. The molecule has 4 nitrogen and oxygen atoms in total. The van der Waals surface area contributed by atoms with Gasteiger partial charge in [0.1, 0.15) is 5.75 Å². The summed E-state index contributed by atoms with van der Waals surface area (Å²) in [7, 11) is 1.49. The monoisotopic (exact) mass is 191 g/mol. The van der Waals surface area contributed by atoms with Crippen LogP contribution in [-0.2, 0) is 11.2 Å². The molecule has 0 amide bonds. The van der Waals surface area contributed by atoms with E-state index in [1.54, 1.807) is 18.3 Å². The number of methoxy groups -OCH3 is 1. The van der Waals surface area contributed by atoms with Crippen molar-refractivity contribution in [3.8, 4) is 5.75 Å². The van der Waals surface area contributed by atoms with Gasteiger partial charge in [-0.05, 0) is 12.1 Å². The van der Waals surface area contributed by atoms with Gasteiger partial charge in [0, 0.05) is 6.20 Å². The number of carboxylic acid groups (broad SMARTS) is 1. The summed E-state index contributed by atoms with van der Waals surface area (Å²) in [6, 6.07) is 3.38. The van der Waals surface area contributed by atoms with Crippen molar-refractivity contribution in [2.45, 2.75) is 6.42 Å². The van der Waals surface area contributed by atoms with Crippen LogP contribution in [0.15, 0.2) is 18.3 Å². The van der Waals surface area contributed by atoms with Gasteiger partial charge in [-0.2, -0.15) is 0 Å². The van der Waals surface area contributed by atoms with E-state index < -0.39 is 5.97 Å². The largest absolute Gasteiger partial charge is 1.00 e. The number of carboxylic acids is 1. The third kappa shape index (κ3) is 3.76. The van der Waals surface area contributed by atoms with Crippen LogP contribution in [0.5, 0.6) is 5.75 Å². The molecule has 0 aliphatic carbocycles. The summed E-state index contributed by atoms with van der Waals surface area (Å²) in [5, 5.41) is 8.49. The van der Waals surface area contributed by atoms with E-state index in [9.17, 15) is 4.79 Å². The first-order valence-electron chi connectivity index (χ1n) is 3.43. The third-order valence-electron chi connectivity index (χ3n) is 1.39. The Morgan fingerprint density at radius 1 is 1.77 bits per heavy atom. The fraction of sp³-hybridized carbons (Fsp3) is 0.250. The molecule has 0 saturated carbocycles. The maximum absolute atomic E-state index is 10.3. The summed E-state index contributed by atoms with van der Waals surface area (Å²) in [4.78, 5) is 14.2. The molecule has 1 heterocycles. The average molecular weight is 191 g/mol. The van der Waals surface area contributed by atoms with Crippen LogP contribution in [0.25, 0.3) is 0 Å². The number of aromatic nitrogens is 1. The number of pyridine rings is 1. The van der Waals surface area contributed by atoms with E-state index in [0.717, 1.165) is 0 Å². The predicted octanol–water partition coefficient (Wildman–Crippen LogP) is -2.17. The average Bonchev–Trinajstić information content (AvgIpc) is 2.04. The molecule has 1 aromatic heterocycles. The van der Waals surface area contributed by atoms with Gasteiger partial charge in [-0.25, -0.2) is 0 Å². The van der Waals surface area contributed by atoms with Gasteiger partial charge in [0.2, 0.25) is 0 Å². The van der Waals surface area contributed by atoms with Gasteiger partial charge in [0.05, 0.1) is 19.2 Å². The summed E-state index contributed by atoms with van der Waals surface area (Å²) >= 11 is 0. The molecule has 0 unspecified atom stereocenters. The Kier molecular flexibility index (Phi) is 5.70. The molecule has 0 saturated heterocycles. The second-order valence-corrected chi connectivity index (χ2v) is 2.22. The van der Waals surface area contributed by atoms with Gasteiger partial charge in [-0.15, -0.1) is 0 Å². The van der Waals surface area contributed by atoms with E-state index in [2.05, 4.69) is 4.98 Å². The van der Waals surface area contributed by atoms with Crippen LogP contribution in [-0.4, -0.2) is 23.2 Å². The fourth-order valence-electron chi connectivity index (χ4n) is 0.885. The zero-order chi connectivity index (χ0) is 8.97. The zero-order valence-electron chi connectivity index (χ0n) is 8.65. The Hall–Kier alpha value is -0.580. The van der Waals surface area contributed by atoms with Crippen LogP contribution in [0.2, 0.25) is 0 Å². The second-order valence-electron chi connectivity index (χ2n) is 2.22. The minimum absolute atomic E-state index is 0. The molecule has 0 atom stereocenters. The molecule has 0 aromatic carbocycles. The van der Waals surface area contributed by atoms with Gasteiger partial charge in [0.25, 0.3) is 0 Å². The van der Waals surface area contributed by atoms with E-state index in [-0.39, 0.29) is 37.4 Å². The van der Waals surface area contributed by atoms with Crippen LogP contribution < -0.4 is 34.3 Å². The minimum atomic E-state index is -0.910. The van der Waals surface area contributed by atoms with Crippen molar-refractivity contribution in [3.05, 3.63) is 24.0 Å². The van der Waals surface area contributed by atoms with Crippen molar-refractivity contribution in [2.24, 2.45) is 0 Å². The Bertz CT molecular complexity index is 296. The standard InChI is InChI=1S/C8H9NO3.Na.H/c1-12-7-3-2-4-9-6(7)5-8(10)11;;/h2-4H,5H2,1H3,(H,10,11);;/q;+1;-1. The molecule has 0 aliphatic rings. The Morgan fingerprint density at radius 2 is 2.46 bits per heavy atom. The number of aliphatic carboxylic acids is 1. The molecular weight excluding hydrogens is 181 g/mol. The summed E-state index contributed by atoms with van der Waals surface area (Å²) in [5.41, 5.74) is 0.451. The Balaban J connectivity index is 0. The third-order valence-corrected chi connectivity index (χ3v) is 1.39. The molecule has 0 aliphatic heterocycles. The first-order chi connectivity index (χ1) is 5.74. The van der Waals surface area contributed by atoms with Crippen LogP contribution >= 0.6 is 0 Å².